The normalized spacial score (nSPS) is 16.2. The van der Waals surface area contributed by atoms with Crippen molar-refractivity contribution in [1.29, 1.82) is 0 Å². The molecule has 0 radical (unpaired) electrons. The molecule has 1 saturated carbocycles. The van der Waals surface area contributed by atoms with Gasteiger partial charge in [-0.15, -0.1) is 0 Å². The molecule has 1 heterocycles. The van der Waals surface area contributed by atoms with Gasteiger partial charge in [0, 0.05) is 19.0 Å². The van der Waals surface area contributed by atoms with E-state index in [1.54, 1.807) is 10.6 Å². The van der Waals surface area contributed by atoms with Crippen LogP contribution in [0, 0.1) is 5.92 Å². The second-order valence-electron chi connectivity index (χ2n) is 5.61. The van der Waals surface area contributed by atoms with Gasteiger partial charge in [0.1, 0.15) is 0 Å². The summed E-state index contributed by atoms with van der Waals surface area (Å²) in [5.41, 5.74) is 1.36. The Labute approximate surface area is 122 Å². The number of amides is 1. The maximum Gasteiger partial charge on any atom is 0.420 e. The van der Waals surface area contributed by atoms with Gasteiger partial charge < -0.3 is 9.73 Å². The summed E-state index contributed by atoms with van der Waals surface area (Å²) in [4.78, 5) is 23.9. The smallest absolute Gasteiger partial charge is 0.408 e. The average Bonchev–Trinajstić information content (AvgIpc) is 2.84. The molecule has 2 aromatic rings. The topological polar surface area (TPSA) is 64.2 Å². The lowest BCUT2D eigenvalue weighted by molar-refractivity contribution is -0.125. The summed E-state index contributed by atoms with van der Waals surface area (Å²) < 4.78 is 6.73. The van der Waals surface area contributed by atoms with Crippen LogP contribution in [0.15, 0.2) is 33.5 Å². The van der Waals surface area contributed by atoms with E-state index in [1.807, 2.05) is 18.2 Å². The minimum atomic E-state index is -0.372. The van der Waals surface area contributed by atoms with Crippen LogP contribution < -0.4 is 11.1 Å². The third-order valence-electron chi connectivity index (χ3n) is 4.18. The van der Waals surface area contributed by atoms with E-state index in [2.05, 4.69) is 5.32 Å². The molecule has 1 fully saturated rings. The summed E-state index contributed by atoms with van der Waals surface area (Å²) in [7, 11) is 0. The van der Waals surface area contributed by atoms with Gasteiger partial charge in [-0.25, -0.2) is 4.79 Å². The Morgan fingerprint density at radius 1 is 1.24 bits per heavy atom. The minimum absolute atomic E-state index is 0.121. The highest BCUT2D eigenvalue weighted by molar-refractivity contribution is 5.78. The Hall–Kier alpha value is -2.04. The summed E-state index contributed by atoms with van der Waals surface area (Å²) in [5.74, 6) is -0.102. The third-order valence-corrected chi connectivity index (χ3v) is 4.18. The molecule has 0 saturated heterocycles. The van der Waals surface area contributed by atoms with Gasteiger partial charge in [0.05, 0.1) is 5.52 Å². The standard InChI is InChI=1S/C16H20N2O3/c19-15(12-6-2-1-3-7-12)17-10-11-18-13-8-4-5-9-14(13)21-16(18)20/h4-5,8-9,12H,1-3,6-7,10-11H2,(H,17,19). The van der Waals surface area contributed by atoms with Gasteiger partial charge in [-0.2, -0.15) is 0 Å². The van der Waals surface area contributed by atoms with Crippen molar-refractivity contribution in [2.45, 2.75) is 38.6 Å². The Kier molecular flexibility index (Phi) is 4.08. The van der Waals surface area contributed by atoms with Gasteiger partial charge in [-0.1, -0.05) is 31.4 Å². The Morgan fingerprint density at radius 3 is 2.81 bits per heavy atom. The molecule has 1 aromatic heterocycles. The first kappa shape index (κ1) is 13.9. The number of aromatic nitrogens is 1. The van der Waals surface area contributed by atoms with E-state index in [9.17, 15) is 9.59 Å². The van der Waals surface area contributed by atoms with Crippen molar-refractivity contribution in [3.05, 3.63) is 34.8 Å². The number of carbonyl (C=O) groups is 1. The SMILES string of the molecule is O=C(NCCn1c(=O)oc2ccccc21)C1CCCCC1. The van der Waals surface area contributed by atoms with Crippen molar-refractivity contribution in [3.63, 3.8) is 0 Å². The van der Waals surface area contributed by atoms with Crippen LogP contribution in [0.1, 0.15) is 32.1 Å². The minimum Gasteiger partial charge on any atom is -0.408 e. The van der Waals surface area contributed by atoms with Gasteiger partial charge in [0.25, 0.3) is 0 Å². The summed E-state index contributed by atoms with van der Waals surface area (Å²) >= 11 is 0. The summed E-state index contributed by atoms with van der Waals surface area (Å²) in [6.07, 6.45) is 5.49. The lowest BCUT2D eigenvalue weighted by atomic mass is 9.89. The zero-order valence-corrected chi connectivity index (χ0v) is 12.0. The number of rotatable bonds is 4. The van der Waals surface area contributed by atoms with Gasteiger partial charge >= 0.3 is 5.76 Å². The molecule has 21 heavy (non-hydrogen) atoms. The highest BCUT2D eigenvalue weighted by Crippen LogP contribution is 2.23. The number of oxazole rings is 1. The van der Waals surface area contributed by atoms with Gasteiger partial charge in [-0.05, 0) is 25.0 Å². The molecule has 1 N–H and O–H groups in total. The molecule has 0 aliphatic heterocycles. The molecule has 5 heteroatoms. The van der Waals surface area contributed by atoms with Crippen molar-refractivity contribution in [2.24, 2.45) is 5.92 Å². The summed E-state index contributed by atoms with van der Waals surface area (Å²) in [6.45, 7) is 0.896. The van der Waals surface area contributed by atoms with Crippen LogP contribution in [0.5, 0.6) is 0 Å². The maximum atomic E-state index is 12.1. The summed E-state index contributed by atoms with van der Waals surface area (Å²) in [6, 6.07) is 7.33. The molecule has 0 spiro atoms. The second-order valence-corrected chi connectivity index (χ2v) is 5.61. The van der Waals surface area contributed by atoms with Crippen LogP contribution in [-0.2, 0) is 11.3 Å². The molecule has 5 nitrogen and oxygen atoms in total. The lowest BCUT2D eigenvalue weighted by Crippen LogP contribution is -2.35. The Balaban J connectivity index is 1.60. The largest absolute Gasteiger partial charge is 0.420 e. The molecule has 1 aromatic carbocycles. The third kappa shape index (κ3) is 3.01. The number of carbonyl (C=O) groups excluding carboxylic acids is 1. The van der Waals surface area contributed by atoms with Crippen LogP contribution in [0.25, 0.3) is 11.1 Å². The van der Waals surface area contributed by atoms with Crippen LogP contribution in [-0.4, -0.2) is 17.0 Å². The maximum absolute atomic E-state index is 12.1. The van der Waals surface area contributed by atoms with Crippen molar-refractivity contribution in [3.8, 4) is 0 Å². The number of nitrogens with zero attached hydrogens (tertiary/aromatic N) is 1. The van der Waals surface area contributed by atoms with E-state index < -0.39 is 0 Å². The highest BCUT2D eigenvalue weighted by atomic mass is 16.4. The first-order valence-electron chi connectivity index (χ1n) is 7.62. The van der Waals surface area contributed by atoms with Crippen LogP contribution in [0.2, 0.25) is 0 Å². The molecule has 0 bridgehead atoms. The fraction of sp³-hybridized carbons (Fsp3) is 0.500. The average molecular weight is 288 g/mol. The molecule has 0 unspecified atom stereocenters. The number of nitrogens with one attached hydrogen (secondary N) is 1. The van der Waals surface area contributed by atoms with Crippen LogP contribution >= 0.6 is 0 Å². The number of hydrogen-bond donors (Lipinski definition) is 1. The van der Waals surface area contributed by atoms with E-state index in [0.29, 0.717) is 18.7 Å². The molecule has 3 rings (SSSR count). The molecular weight excluding hydrogens is 268 g/mol. The van der Waals surface area contributed by atoms with E-state index in [1.165, 1.54) is 6.42 Å². The monoisotopic (exact) mass is 288 g/mol. The predicted octanol–water partition coefficient (Wildman–Crippen LogP) is 2.29. The molecule has 112 valence electrons. The predicted molar refractivity (Wildman–Crippen MR) is 80.1 cm³/mol. The molecular formula is C16H20N2O3. The van der Waals surface area contributed by atoms with Crippen LogP contribution in [0.3, 0.4) is 0 Å². The Bertz CT molecular complexity index is 680. The fourth-order valence-electron chi connectivity index (χ4n) is 3.03. The number of para-hydroxylation sites is 2. The highest BCUT2D eigenvalue weighted by Gasteiger charge is 2.20. The number of benzene rings is 1. The molecule has 1 amide bonds. The number of hydrogen-bond acceptors (Lipinski definition) is 3. The van der Waals surface area contributed by atoms with Crippen molar-refractivity contribution >= 4 is 17.0 Å². The zero-order valence-electron chi connectivity index (χ0n) is 12.0. The summed E-state index contributed by atoms with van der Waals surface area (Å²) in [5, 5.41) is 2.94. The van der Waals surface area contributed by atoms with Crippen molar-refractivity contribution in [2.75, 3.05) is 6.54 Å². The van der Waals surface area contributed by atoms with E-state index in [4.69, 9.17) is 4.42 Å². The van der Waals surface area contributed by atoms with Gasteiger partial charge in [0.15, 0.2) is 5.58 Å². The zero-order chi connectivity index (χ0) is 14.7. The van der Waals surface area contributed by atoms with E-state index in [-0.39, 0.29) is 17.6 Å². The van der Waals surface area contributed by atoms with E-state index >= 15 is 0 Å². The number of fused-ring (bicyclic) bond motifs is 1. The Morgan fingerprint density at radius 2 is 2.00 bits per heavy atom. The van der Waals surface area contributed by atoms with Crippen LogP contribution in [0.4, 0.5) is 0 Å². The second kappa shape index (κ2) is 6.16. The first-order valence-corrected chi connectivity index (χ1v) is 7.62. The molecule has 1 aliphatic rings. The first-order chi connectivity index (χ1) is 10.3. The van der Waals surface area contributed by atoms with Crippen molar-refractivity contribution < 1.29 is 9.21 Å². The molecule has 1 aliphatic carbocycles. The van der Waals surface area contributed by atoms with Gasteiger partial charge in [-0.3, -0.25) is 9.36 Å². The van der Waals surface area contributed by atoms with Crippen molar-refractivity contribution in [1.82, 2.24) is 9.88 Å². The molecule has 0 atom stereocenters. The fourth-order valence-corrected chi connectivity index (χ4v) is 3.03. The van der Waals surface area contributed by atoms with Gasteiger partial charge in [0.2, 0.25) is 5.91 Å². The van der Waals surface area contributed by atoms with E-state index in [0.717, 1.165) is 31.2 Å². The lowest BCUT2D eigenvalue weighted by Gasteiger charge is -2.20. The quantitative estimate of drug-likeness (QED) is 0.938.